The summed E-state index contributed by atoms with van der Waals surface area (Å²) in [4.78, 5) is 17.3. The number of aromatic amines is 1. The van der Waals surface area contributed by atoms with Gasteiger partial charge >= 0.3 is 6.09 Å². The molecule has 2 atom stereocenters. The second kappa shape index (κ2) is 11.1. The molecule has 3 N–H and O–H groups in total. The van der Waals surface area contributed by atoms with Crippen molar-refractivity contribution in [3.05, 3.63) is 132 Å². The van der Waals surface area contributed by atoms with Crippen molar-refractivity contribution in [2.75, 3.05) is 13.2 Å². The number of aromatic hydroxyl groups is 2. The van der Waals surface area contributed by atoms with Crippen molar-refractivity contribution in [1.82, 2.24) is 9.88 Å². The van der Waals surface area contributed by atoms with Crippen LogP contribution in [0.25, 0.3) is 0 Å². The van der Waals surface area contributed by atoms with E-state index in [1.54, 1.807) is 16.7 Å². The standard InChI is InChI=1S/C31H30N2O4S/c1-2-18-37-30(36)33-21-25(19-27(33)26-20-28(34)32-29(26)35)38-31(22-12-6-3-7-13-22,23-14-8-4-9-15-23)24-16-10-5-11-17-24/h2-17,20,25,27,32,34-35H,1,18-19,21H2/t25-,27-/m0/s1. The molecule has 0 radical (unpaired) electrons. The van der Waals surface area contributed by atoms with Gasteiger partial charge in [-0.2, -0.15) is 0 Å². The molecular formula is C31H30N2O4S. The lowest BCUT2D eigenvalue weighted by atomic mass is 9.84. The van der Waals surface area contributed by atoms with E-state index in [9.17, 15) is 15.0 Å². The molecule has 0 aliphatic carbocycles. The molecule has 38 heavy (non-hydrogen) atoms. The lowest BCUT2D eigenvalue weighted by Crippen LogP contribution is -2.33. The average molecular weight is 527 g/mol. The first-order valence-corrected chi connectivity index (χ1v) is 13.4. The number of aromatic nitrogens is 1. The van der Waals surface area contributed by atoms with Gasteiger partial charge in [-0.1, -0.05) is 104 Å². The molecule has 2 heterocycles. The number of H-pyrrole nitrogens is 1. The zero-order chi connectivity index (χ0) is 26.5. The van der Waals surface area contributed by atoms with E-state index in [1.807, 2.05) is 54.6 Å². The molecule has 0 bridgehead atoms. The van der Waals surface area contributed by atoms with Gasteiger partial charge in [0.25, 0.3) is 0 Å². The second-order valence-electron chi connectivity index (χ2n) is 9.25. The van der Waals surface area contributed by atoms with Crippen LogP contribution in [0, 0.1) is 0 Å². The van der Waals surface area contributed by atoms with E-state index in [-0.39, 0.29) is 23.6 Å². The molecule has 1 aliphatic rings. The smallest absolute Gasteiger partial charge is 0.410 e. The lowest BCUT2D eigenvalue weighted by molar-refractivity contribution is 0.107. The highest BCUT2D eigenvalue weighted by Crippen LogP contribution is 2.54. The van der Waals surface area contributed by atoms with Crippen molar-refractivity contribution in [3.8, 4) is 11.8 Å². The lowest BCUT2D eigenvalue weighted by Gasteiger charge is -2.37. The maximum Gasteiger partial charge on any atom is 0.410 e. The van der Waals surface area contributed by atoms with E-state index in [1.165, 1.54) is 12.1 Å². The zero-order valence-electron chi connectivity index (χ0n) is 20.9. The summed E-state index contributed by atoms with van der Waals surface area (Å²) in [6, 6.07) is 32.2. The molecule has 6 nitrogen and oxygen atoms in total. The van der Waals surface area contributed by atoms with Crippen LogP contribution in [0.5, 0.6) is 11.8 Å². The van der Waals surface area contributed by atoms with Crippen LogP contribution in [0.1, 0.15) is 34.7 Å². The van der Waals surface area contributed by atoms with Gasteiger partial charge in [0.15, 0.2) is 11.8 Å². The van der Waals surface area contributed by atoms with Crippen LogP contribution in [0.4, 0.5) is 4.79 Å². The van der Waals surface area contributed by atoms with Crippen molar-refractivity contribution in [2.45, 2.75) is 22.5 Å². The molecule has 1 fully saturated rings. The topological polar surface area (TPSA) is 85.8 Å². The number of thioether (sulfide) groups is 1. The summed E-state index contributed by atoms with van der Waals surface area (Å²) >= 11 is 1.79. The molecule has 7 heteroatoms. The summed E-state index contributed by atoms with van der Waals surface area (Å²) in [6.07, 6.45) is 1.61. The SMILES string of the molecule is C=CCOC(=O)N1C[C@@H](SC(c2ccccc2)(c2ccccc2)c2ccccc2)C[C@H]1c1cc(O)[nH]c1O. The Balaban J connectivity index is 1.60. The van der Waals surface area contributed by atoms with Gasteiger partial charge in [-0.05, 0) is 23.1 Å². The number of nitrogens with zero attached hydrogens (tertiary/aromatic N) is 1. The molecule has 1 amide bonds. The van der Waals surface area contributed by atoms with Crippen LogP contribution < -0.4 is 0 Å². The van der Waals surface area contributed by atoms with E-state index < -0.39 is 16.9 Å². The number of nitrogens with one attached hydrogen (secondary N) is 1. The maximum atomic E-state index is 13.1. The van der Waals surface area contributed by atoms with Gasteiger partial charge in [0, 0.05) is 23.4 Å². The Morgan fingerprint density at radius 2 is 1.50 bits per heavy atom. The van der Waals surface area contributed by atoms with Crippen LogP contribution >= 0.6 is 11.8 Å². The van der Waals surface area contributed by atoms with Gasteiger partial charge in [0.1, 0.15) is 6.61 Å². The predicted molar refractivity (Wildman–Crippen MR) is 150 cm³/mol. The van der Waals surface area contributed by atoms with Gasteiger partial charge in [-0.3, -0.25) is 9.88 Å². The number of hydrogen-bond donors (Lipinski definition) is 3. The summed E-state index contributed by atoms with van der Waals surface area (Å²) in [5.74, 6) is -0.305. The second-order valence-corrected chi connectivity index (χ2v) is 10.8. The minimum absolute atomic E-state index is 0.0201. The normalized spacial score (nSPS) is 17.3. The van der Waals surface area contributed by atoms with Crippen LogP contribution in [0.2, 0.25) is 0 Å². The number of carbonyl (C=O) groups is 1. The Kier molecular flexibility index (Phi) is 7.47. The molecule has 0 unspecified atom stereocenters. The van der Waals surface area contributed by atoms with Crippen molar-refractivity contribution < 1.29 is 19.7 Å². The number of amides is 1. The Morgan fingerprint density at radius 1 is 0.974 bits per heavy atom. The van der Waals surface area contributed by atoms with Crippen molar-refractivity contribution in [2.24, 2.45) is 0 Å². The minimum atomic E-state index is -0.553. The number of ether oxygens (including phenoxy) is 1. The van der Waals surface area contributed by atoms with E-state index in [0.717, 1.165) is 16.7 Å². The molecule has 5 rings (SSSR count). The van der Waals surface area contributed by atoms with Gasteiger partial charge < -0.3 is 14.9 Å². The first kappa shape index (κ1) is 25.5. The van der Waals surface area contributed by atoms with E-state index in [2.05, 4.69) is 48.0 Å². The van der Waals surface area contributed by atoms with Gasteiger partial charge in [0.05, 0.1) is 10.8 Å². The first-order chi connectivity index (χ1) is 18.5. The minimum Gasteiger partial charge on any atom is -0.495 e. The predicted octanol–water partition coefficient (Wildman–Crippen LogP) is 6.59. The average Bonchev–Trinajstić information content (AvgIpc) is 3.53. The van der Waals surface area contributed by atoms with Crippen LogP contribution in [-0.2, 0) is 9.48 Å². The Morgan fingerprint density at radius 3 is 1.95 bits per heavy atom. The molecule has 1 aromatic heterocycles. The molecule has 1 aliphatic heterocycles. The maximum absolute atomic E-state index is 13.1. The molecular weight excluding hydrogens is 496 g/mol. The third-order valence-electron chi connectivity index (χ3n) is 6.88. The van der Waals surface area contributed by atoms with Crippen LogP contribution in [-0.4, -0.2) is 44.6 Å². The van der Waals surface area contributed by atoms with Gasteiger partial charge in [-0.25, -0.2) is 4.79 Å². The number of likely N-dealkylation sites (tertiary alicyclic amines) is 1. The third-order valence-corrected chi connectivity index (χ3v) is 8.61. The summed E-state index contributed by atoms with van der Waals surface area (Å²) in [5.41, 5.74) is 3.86. The molecule has 0 spiro atoms. The monoisotopic (exact) mass is 526 g/mol. The molecule has 0 saturated carbocycles. The van der Waals surface area contributed by atoms with Crippen molar-refractivity contribution in [3.63, 3.8) is 0 Å². The van der Waals surface area contributed by atoms with Gasteiger partial charge in [-0.15, -0.1) is 11.8 Å². The Labute approximate surface area is 226 Å². The molecule has 1 saturated heterocycles. The quantitative estimate of drug-likeness (QED) is 0.178. The van der Waals surface area contributed by atoms with E-state index in [4.69, 9.17) is 4.74 Å². The highest BCUT2D eigenvalue weighted by molar-refractivity contribution is 8.01. The summed E-state index contributed by atoms with van der Waals surface area (Å²) < 4.78 is 4.86. The van der Waals surface area contributed by atoms with Crippen molar-refractivity contribution in [1.29, 1.82) is 0 Å². The summed E-state index contributed by atoms with van der Waals surface area (Å²) in [5, 5.41) is 20.5. The molecule has 194 valence electrons. The number of benzene rings is 3. The summed E-state index contributed by atoms with van der Waals surface area (Å²) in [6.45, 7) is 4.14. The van der Waals surface area contributed by atoms with Crippen molar-refractivity contribution >= 4 is 17.9 Å². The Bertz CT molecular complexity index is 1280. The highest BCUT2D eigenvalue weighted by Gasteiger charge is 2.45. The summed E-state index contributed by atoms with van der Waals surface area (Å²) in [7, 11) is 0. The van der Waals surface area contributed by atoms with E-state index in [0.29, 0.717) is 18.5 Å². The third kappa shape index (κ3) is 4.89. The molecule has 3 aromatic carbocycles. The highest BCUT2D eigenvalue weighted by atomic mass is 32.2. The van der Waals surface area contributed by atoms with Crippen LogP contribution in [0.15, 0.2) is 110 Å². The number of rotatable bonds is 8. The zero-order valence-corrected chi connectivity index (χ0v) is 21.7. The first-order valence-electron chi connectivity index (χ1n) is 12.5. The fraction of sp³-hybridized carbons (Fsp3) is 0.194. The Hall–Kier alpha value is -4.10. The van der Waals surface area contributed by atoms with Gasteiger partial charge in [0.2, 0.25) is 0 Å². The molecule has 4 aromatic rings. The fourth-order valence-electron chi connectivity index (χ4n) is 5.26. The number of carbonyl (C=O) groups excluding carboxylic acids is 1. The fourth-order valence-corrected chi connectivity index (χ4v) is 7.09. The van der Waals surface area contributed by atoms with Crippen LogP contribution in [0.3, 0.4) is 0 Å². The van der Waals surface area contributed by atoms with E-state index >= 15 is 0 Å². The largest absolute Gasteiger partial charge is 0.495 e. The number of hydrogen-bond acceptors (Lipinski definition) is 5.